The topological polar surface area (TPSA) is 18.5 Å². The maximum atomic E-state index is 5.82. The molecule has 1 aromatic carbocycles. The monoisotopic (exact) mass is 250 g/mol. The highest BCUT2D eigenvalue weighted by atomic mass is 35.5. The van der Waals surface area contributed by atoms with Crippen LogP contribution in [0.25, 0.3) is 0 Å². The molecule has 90 valence electrons. The fraction of sp³-hybridized carbons (Fsp3) is 0.429. The summed E-state index contributed by atoms with van der Waals surface area (Å²) in [5.74, 6) is 7.01. The molecule has 1 aliphatic rings. The van der Waals surface area contributed by atoms with Gasteiger partial charge in [0.25, 0.3) is 0 Å². The van der Waals surface area contributed by atoms with E-state index in [0.717, 1.165) is 30.8 Å². The van der Waals surface area contributed by atoms with Gasteiger partial charge in [-0.1, -0.05) is 11.8 Å². The number of halogens is 1. The standard InChI is InChI=1S/C14H15ClO2/c15-9-1-3-12-5-7-13(8-6-12)17-14-4-2-10-16-11-14/h5-8,14H,2,4,9-11H2. The number of benzene rings is 1. The minimum absolute atomic E-state index is 0.184. The van der Waals surface area contributed by atoms with Crippen molar-refractivity contribution in [2.24, 2.45) is 0 Å². The van der Waals surface area contributed by atoms with E-state index in [2.05, 4.69) is 11.8 Å². The number of hydrogen-bond donors (Lipinski definition) is 0. The molecule has 3 heteroatoms. The number of hydrogen-bond acceptors (Lipinski definition) is 2. The Labute approximate surface area is 107 Å². The quantitative estimate of drug-likeness (QED) is 0.594. The highest BCUT2D eigenvalue weighted by molar-refractivity contribution is 6.19. The van der Waals surface area contributed by atoms with Crippen LogP contribution in [0.1, 0.15) is 18.4 Å². The lowest BCUT2D eigenvalue weighted by Gasteiger charge is -2.23. The molecule has 1 unspecified atom stereocenters. The molecule has 0 aromatic heterocycles. The SMILES string of the molecule is ClCC#Cc1ccc(OC2CCCOC2)cc1. The van der Waals surface area contributed by atoms with Gasteiger partial charge in [0.05, 0.1) is 12.5 Å². The molecule has 1 heterocycles. The predicted molar refractivity (Wildman–Crippen MR) is 68.5 cm³/mol. The van der Waals surface area contributed by atoms with Gasteiger partial charge in [0.1, 0.15) is 11.9 Å². The Bertz CT molecular complexity index is 396. The molecule has 0 amide bonds. The first-order valence-corrected chi connectivity index (χ1v) is 6.31. The molecule has 1 saturated heterocycles. The zero-order chi connectivity index (χ0) is 11.9. The minimum atomic E-state index is 0.184. The van der Waals surface area contributed by atoms with Crippen molar-refractivity contribution in [1.82, 2.24) is 0 Å². The summed E-state index contributed by atoms with van der Waals surface area (Å²) in [4.78, 5) is 0. The van der Waals surface area contributed by atoms with Crippen LogP contribution in [-0.4, -0.2) is 25.2 Å². The molecule has 17 heavy (non-hydrogen) atoms. The summed E-state index contributed by atoms with van der Waals surface area (Å²) >= 11 is 5.50. The van der Waals surface area contributed by atoms with E-state index in [4.69, 9.17) is 21.1 Å². The van der Waals surface area contributed by atoms with Crippen LogP contribution >= 0.6 is 11.6 Å². The van der Waals surface area contributed by atoms with Crippen molar-refractivity contribution >= 4 is 11.6 Å². The average molecular weight is 251 g/mol. The smallest absolute Gasteiger partial charge is 0.122 e. The highest BCUT2D eigenvalue weighted by Gasteiger charge is 2.14. The van der Waals surface area contributed by atoms with E-state index in [1.807, 2.05) is 24.3 Å². The molecule has 0 N–H and O–H groups in total. The van der Waals surface area contributed by atoms with Gasteiger partial charge in [-0.2, -0.15) is 0 Å². The molecule has 1 fully saturated rings. The molecule has 1 aliphatic heterocycles. The molecule has 0 radical (unpaired) electrons. The molecule has 0 bridgehead atoms. The van der Waals surface area contributed by atoms with Gasteiger partial charge in [0.2, 0.25) is 0 Å². The molecule has 1 atom stereocenters. The van der Waals surface area contributed by atoms with Gasteiger partial charge in [-0.3, -0.25) is 0 Å². The van der Waals surface area contributed by atoms with Crippen LogP contribution in [0.3, 0.4) is 0 Å². The maximum absolute atomic E-state index is 5.82. The second-order valence-corrected chi connectivity index (χ2v) is 4.18. The lowest BCUT2D eigenvalue weighted by molar-refractivity contribution is 0.00743. The first-order valence-electron chi connectivity index (χ1n) is 5.78. The molecule has 0 saturated carbocycles. The van der Waals surface area contributed by atoms with Crippen LogP contribution in [0.15, 0.2) is 24.3 Å². The van der Waals surface area contributed by atoms with Crippen LogP contribution in [-0.2, 0) is 4.74 Å². The van der Waals surface area contributed by atoms with Gasteiger partial charge < -0.3 is 9.47 Å². The van der Waals surface area contributed by atoms with E-state index in [9.17, 15) is 0 Å². The van der Waals surface area contributed by atoms with Gasteiger partial charge >= 0.3 is 0 Å². The summed E-state index contributed by atoms with van der Waals surface area (Å²) in [6.07, 6.45) is 2.32. The largest absolute Gasteiger partial charge is 0.488 e. The van der Waals surface area contributed by atoms with Gasteiger partial charge in [-0.05, 0) is 37.1 Å². The van der Waals surface area contributed by atoms with Crippen molar-refractivity contribution in [3.05, 3.63) is 29.8 Å². The van der Waals surface area contributed by atoms with Crippen molar-refractivity contribution in [2.45, 2.75) is 18.9 Å². The van der Waals surface area contributed by atoms with Gasteiger partial charge in [0.15, 0.2) is 0 Å². The predicted octanol–water partition coefficient (Wildman–Crippen LogP) is 2.83. The molecule has 0 aliphatic carbocycles. The fourth-order valence-corrected chi connectivity index (χ4v) is 1.82. The summed E-state index contributed by atoms with van der Waals surface area (Å²) in [6, 6.07) is 7.76. The summed E-state index contributed by atoms with van der Waals surface area (Å²) in [5, 5.41) is 0. The van der Waals surface area contributed by atoms with Crippen LogP contribution in [0, 0.1) is 11.8 Å². The summed E-state index contributed by atoms with van der Waals surface area (Å²) in [7, 11) is 0. The van der Waals surface area contributed by atoms with E-state index in [1.54, 1.807) is 0 Å². The lowest BCUT2D eigenvalue weighted by atomic mass is 10.1. The van der Waals surface area contributed by atoms with Crippen molar-refractivity contribution < 1.29 is 9.47 Å². The Balaban J connectivity index is 1.93. The minimum Gasteiger partial charge on any atom is -0.488 e. The molecular weight excluding hydrogens is 236 g/mol. The van der Waals surface area contributed by atoms with Crippen LogP contribution < -0.4 is 4.74 Å². The first kappa shape index (κ1) is 12.3. The lowest BCUT2D eigenvalue weighted by Crippen LogP contribution is -2.27. The number of rotatable bonds is 2. The van der Waals surface area contributed by atoms with E-state index < -0.39 is 0 Å². The Hall–Kier alpha value is -1.17. The van der Waals surface area contributed by atoms with Crippen molar-refractivity contribution in [3.8, 4) is 17.6 Å². The van der Waals surface area contributed by atoms with Gasteiger partial charge in [0, 0.05) is 12.2 Å². The fourth-order valence-electron chi connectivity index (χ4n) is 1.75. The summed E-state index contributed by atoms with van der Waals surface area (Å²) in [5.41, 5.74) is 0.956. The average Bonchev–Trinajstić information content (AvgIpc) is 2.39. The third-order valence-corrected chi connectivity index (χ3v) is 2.71. The normalized spacial score (nSPS) is 19.2. The van der Waals surface area contributed by atoms with Gasteiger partial charge in [-0.15, -0.1) is 11.6 Å². The molecular formula is C14H15ClO2. The van der Waals surface area contributed by atoms with E-state index >= 15 is 0 Å². The summed E-state index contributed by atoms with van der Waals surface area (Å²) < 4.78 is 11.2. The molecule has 0 spiro atoms. The Morgan fingerprint density at radius 3 is 2.82 bits per heavy atom. The zero-order valence-corrected chi connectivity index (χ0v) is 10.4. The zero-order valence-electron chi connectivity index (χ0n) is 9.62. The first-order chi connectivity index (χ1) is 8.38. The Kier molecular flexibility index (Phi) is 4.73. The summed E-state index contributed by atoms with van der Waals surface area (Å²) in [6.45, 7) is 1.54. The Morgan fingerprint density at radius 1 is 1.35 bits per heavy atom. The van der Waals surface area contributed by atoms with Crippen LogP contribution in [0.4, 0.5) is 0 Å². The van der Waals surface area contributed by atoms with Crippen LogP contribution in [0.2, 0.25) is 0 Å². The highest BCUT2D eigenvalue weighted by Crippen LogP contribution is 2.17. The second kappa shape index (κ2) is 6.54. The third kappa shape index (κ3) is 3.96. The van der Waals surface area contributed by atoms with E-state index in [1.165, 1.54) is 0 Å². The van der Waals surface area contributed by atoms with Crippen molar-refractivity contribution in [1.29, 1.82) is 0 Å². The number of ether oxygens (including phenoxy) is 2. The Morgan fingerprint density at radius 2 is 2.18 bits per heavy atom. The van der Waals surface area contributed by atoms with E-state index in [0.29, 0.717) is 12.5 Å². The van der Waals surface area contributed by atoms with Crippen LogP contribution in [0.5, 0.6) is 5.75 Å². The third-order valence-electron chi connectivity index (χ3n) is 2.58. The number of alkyl halides is 1. The van der Waals surface area contributed by atoms with Crippen molar-refractivity contribution in [3.63, 3.8) is 0 Å². The molecule has 1 aromatic rings. The second-order valence-electron chi connectivity index (χ2n) is 3.92. The van der Waals surface area contributed by atoms with E-state index in [-0.39, 0.29) is 6.10 Å². The maximum Gasteiger partial charge on any atom is 0.122 e. The van der Waals surface area contributed by atoms with Crippen molar-refractivity contribution in [2.75, 3.05) is 19.1 Å². The molecule has 2 rings (SSSR count). The molecule has 2 nitrogen and oxygen atoms in total. The van der Waals surface area contributed by atoms with Gasteiger partial charge in [-0.25, -0.2) is 0 Å².